The minimum atomic E-state index is 0. The van der Waals surface area contributed by atoms with Crippen molar-refractivity contribution in [1.29, 1.82) is 0 Å². The molecule has 1 atom stereocenters. The third-order valence-electron chi connectivity index (χ3n) is 5.19. The van der Waals surface area contributed by atoms with E-state index >= 15 is 0 Å². The molecular formula is C21H34IN5OS. The molecule has 3 rings (SSSR count). The maximum absolute atomic E-state index is 5.42. The maximum Gasteiger partial charge on any atom is 0.191 e. The zero-order chi connectivity index (χ0) is 19.8. The van der Waals surface area contributed by atoms with Gasteiger partial charge in [-0.05, 0) is 44.0 Å². The predicted octanol–water partition coefficient (Wildman–Crippen LogP) is 4.24. The third-order valence-corrected chi connectivity index (χ3v) is 6.04. The summed E-state index contributed by atoms with van der Waals surface area (Å²) in [5, 5.41) is 10.2. The van der Waals surface area contributed by atoms with E-state index in [4.69, 9.17) is 14.4 Å². The van der Waals surface area contributed by atoms with Gasteiger partial charge in [-0.1, -0.05) is 20.8 Å². The molecule has 0 radical (unpaired) electrons. The Kier molecular flexibility index (Phi) is 10.4. The first-order valence-electron chi connectivity index (χ1n) is 10.4. The number of aromatic nitrogens is 1. The summed E-state index contributed by atoms with van der Waals surface area (Å²) in [7, 11) is 0. The molecule has 2 N–H and O–H groups in total. The van der Waals surface area contributed by atoms with E-state index < -0.39 is 0 Å². The molecule has 162 valence electrons. The molecule has 1 aliphatic rings. The van der Waals surface area contributed by atoms with E-state index in [2.05, 4.69) is 41.7 Å². The molecule has 6 nitrogen and oxygen atoms in total. The van der Waals surface area contributed by atoms with Crippen molar-refractivity contribution in [2.75, 3.05) is 26.2 Å². The lowest BCUT2D eigenvalue weighted by Gasteiger charge is -2.24. The Morgan fingerprint density at radius 1 is 1.41 bits per heavy atom. The van der Waals surface area contributed by atoms with Crippen molar-refractivity contribution in [2.24, 2.45) is 4.99 Å². The van der Waals surface area contributed by atoms with Crippen LogP contribution >= 0.6 is 35.3 Å². The van der Waals surface area contributed by atoms with Crippen LogP contribution in [0.15, 0.2) is 33.2 Å². The van der Waals surface area contributed by atoms with Crippen molar-refractivity contribution >= 4 is 41.3 Å². The van der Waals surface area contributed by atoms with Gasteiger partial charge in [0.1, 0.15) is 10.8 Å². The number of nitrogens with one attached hydrogen (secondary N) is 2. The normalized spacial score (nSPS) is 17.5. The second-order valence-corrected chi connectivity index (χ2v) is 8.49. The molecule has 0 aliphatic carbocycles. The lowest BCUT2D eigenvalue weighted by molar-refractivity contribution is 0.267. The summed E-state index contributed by atoms with van der Waals surface area (Å²) in [5.41, 5.74) is 1.15. The van der Waals surface area contributed by atoms with Gasteiger partial charge in [0.05, 0.1) is 18.5 Å². The Morgan fingerprint density at radius 3 is 2.97 bits per heavy atom. The molecule has 0 spiro atoms. The zero-order valence-corrected chi connectivity index (χ0v) is 20.8. The molecule has 1 fully saturated rings. The van der Waals surface area contributed by atoms with Crippen LogP contribution in [0, 0.1) is 0 Å². The number of furan rings is 1. The minimum Gasteiger partial charge on any atom is -0.469 e. The Balaban J connectivity index is 0.00000300. The van der Waals surface area contributed by atoms with Crippen molar-refractivity contribution in [1.82, 2.24) is 20.5 Å². The van der Waals surface area contributed by atoms with Gasteiger partial charge in [-0.3, -0.25) is 4.90 Å². The van der Waals surface area contributed by atoms with Gasteiger partial charge in [0.25, 0.3) is 0 Å². The molecule has 0 saturated carbocycles. The molecule has 2 aromatic rings. The van der Waals surface area contributed by atoms with E-state index in [1.807, 2.05) is 12.1 Å². The lowest BCUT2D eigenvalue weighted by atomic mass is 10.2. The number of hydrogen-bond acceptors (Lipinski definition) is 5. The SMILES string of the molecule is CCN1CCCC1CNC(=NCc1nc(C(C)C)cs1)NCCc1ccco1.I. The fraction of sp³-hybridized carbons (Fsp3) is 0.619. The van der Waals surface area contributed by atoms with Gasteiger partial charge in [-0.25, -0.2) is 9.98 Å². The van der Waals surface area contributed by atoms with E-state index in [9.17, 15) is 0 Å². The maximum atomic E-state index is 5.42. The first-order valence-corrected chi connectivity index (χ1v) is 11.3. The third kappa shape index (κ3) is 7.57. The smallest absolute Gasteiger partial charge is 0.191 e. The zero-order valence-electron chi connectivity index (χ0n) is 17.7. The first kappa shape index (κ1) is 24.1. The molecule has 3 heterocycles. The van der Waals surface area contributed by atoms with Gasteiger partial charge in [-0.15, -0.1) is 35.3 Å². The average Bonchev–Trinajstić information content (AvgIpc) is 3.45. The minimum absolute atomic E-state index is 0. The summed E-state index contributed by atoms with van der Waals surface area (Å²) < 4.78 is 5.42. The van der Waals surface area contributed by atoms with Crippen LogP contribution in [-0.2, 0) is 13.0 Å². The Labute approximate surface area is 195 Å². The number of likely N-dealkylation sites (N-methyl/N-ethyl adjacent to an activating group) is 1. The standard InChI is InChI=1S/C21H33N5OS.HI/c1-4-26-11-5-7-17(26)13-23-21(22-10-9-18-8-6-12-27-18)24-14-20-25-19(15-28-20)16(2)3;/h6,8,12,15-17H,4-5,7,9-11,13-14H2,1-3H3,(H2,22,23,24);1H. The largest absolute Gasteiger partial charge is 0.469 e. The molecular weight excluding hydrogens is 497 g/mol. The van der Waals surface area contributed by atoms with E-state index in [1.165, 1.54) is 19.4 Å². The number of hydrogen-bond donors (Lipinski definition) is 2. The molecule has 2 aromatic heterocycles. The second kappa shape index (κ2) is 12.5. The Hall–Kier alpha value is -1.13. The number of guanidine groups is 1. The quantitative estimate of drug-likeness (QED) is 0.288. The molecule has 8 heteroatoms. The van der Waals surface area contributed by atoms with Gasteiger partial charge in [0, 0.05) is 30.9 Å². The van der Waals surface area contributed by atoms with E-state index in [-0.39, 0.29) is 24.0 Å². The van der Waals surface area contributed by atoms with Crippen molar-refractivity contribution < 1.29 is 4.42 Å². The number of aliphatic imine (C=N–C) groups is 1. The lowest BCUT2D eigenvalue weighted by Crippen LogP contribution is -2.45. The van der Waals surface area contributed by atoms with Gasteiger partial charge in [0.15, 0.2) is 5.96 Å². The average molecular weight is 532 g/mol. The molecule has 1 unspecified atom stereocenters. The monoisotopic (exact) mass is 531 g/mol. The van der Waals surface area contributed by atoms with Crippen LogP contribution in [0.5, 0.6) is 0 Å². The summed E-state index contributed by atoms with van der Waals surface area (Å²) in [6.07, 6.45) is 5.10. The first-order chi connectivity index (χ1) is 13.7. The molecule has 29 heavy (non-hydrogen) atoms. The molecule has 1 saturated heterocycles. The Bertz CT molecular complexity index is 731. The second-order valence-electron chi connectivity index (χ2n) is 7.55. The summed E-state index contributed by atoms with van der Waals surface area (Å²) in [6, 6.07) is 4.53. The summed E-state index contributed by atoms with van der Waals surface area (Å²) in [4.78, 5) is 12.0. The van der Waals surface area contributed by atoms with Gasteiger partial charge < -0.3 is 15.1 Å². The van der Waals surface area contributed by atoms with Gasteiger partial charge in [-0.2, -0.15) is 0 Å². The van der Waals surface area contributed by atoms with Gasteiger partial charge in [0.2, 0.25) is 0 Å². The molecule has 0 amide bonds. The fourth-order valence-electron chi connectivity index (χ4n) is 3.50. The highest BCUT2D eigenvalue weighted by Crippen LogP contribution is 2.18. The molecule has 1 aliphatic heterocycles. The fourth-order valence-corrected chi connectivity index (χ4v) is 4.38. The number of rotatable bonds is 9. The van der Waals surface area contributed by atoms with Crippen molar-refractivity contribution in [3.8, 4) is 0 Å². The molecule has 0 aromatic carbocycles. The number of thiazole rings is 1. The van der Waals surface area contributed by atoms with Crippen LogP contribution in [0.2, 0.25) is 0 Å². The highest BCUT2D eigenvalue weighted by Gasteiger charge is 2.22. The summed E-state index contributed by atoms with van der Waals surface area (Å²) >= 11 is 1.69. The summed E-state index contributed by atoms with van der Waals surface area (Å²) in [5.74, 6) is 2.30. The van der Waals surface area contributed by atoms with Crippen LogP contribution in [0.1, 0.15) is 56.0 Å². The molecule has 0 bridgehead atoms. The predicted molar refractivity (Wildman–Crippen MR) is 131 cm³/mol. The highest BCUT2D eigenvalue weighted by molar-refractivity contribution is 14.0. The summed E-state index contributed by atoms with van der Waals surface area (Å²) in [6.45, 7) is 11.2. The van der Waals surface area contributed by atoms with Crippen molar-refractivity contribution in [3.05, 3.63) is 40.2 Å². The van der Waals surface area contributed by atoms with E-state index in [1.54, 1.807) is 17.6 Å². The van der Waals surface area contributed by atoms with Crippen LogP contribution in [0.4, 0.5) is 0 Å². The Morgan fingerprint density at radius 2 is 2.28 bits per heavy atom. The number of nitrogens with zero attached hydrogens (tertiary/aromatic N) is 3. The van der Waals surface area contributed by atoms with Crippen LogP contribution in [0.25, 0.3) is 0 Å². The number of halogens is 1. The topological polar surface area (TPSA) is 65.7 Å². The van der Waals surface area contributed by atoms with Crippen LogP contribution in [0.3, 0.4) is 0 Å². The van der Waals surface area contributed by atoms with Crippen LogP contribution < -0.4 is 10.6 Å². The van der Waals surface area contributed by atoms with Crippen LogP contribution in [-0.4, -0.2) is 48.1 Å². The van der Waals surface area contributed by atoms with E-state index in [0.717, 1.165) is 48.5 Å². The number of likely N-dealkylation sites (tertiary alicyclic amines) is 1. The van der Waals surface area contributed by atoms with Crippen molar-refractivity contribution in [2.45, 2.75) is 58.5 Å². The van der Waals surface area contributed by atoms with Gasteiger partial charge >= 0.3 is 0 Å². The highest BCUT2D eigenvalue weighted by atomic mass is 127. The van der Waals surface area contributed by atoms with E-state index in [0.29, 0.717) is 18.5 Å². The van der Waals surface area contributed by atoms with Crippen molar-refractivity contribution in [3.63, 3.8) is 0 Å².